The van der Waals surface area contributed by atoms with Crippen molar-refractivity contribution >= 4 is 29.2 Å². The Morgan fingerprint density at radius 1 is 1.14 bits per heavy atom. The van der Waals surface area contributed by atoms with Gasteiger partial charge in [-0.1, -0.05) is 17.7 Å². The fourth-order valence-corrected chi connectivity index (χ4v) is 5.22. The van der Waals surface area contributed by atoms with Gasteiger partial charge in [-0.3, -0.25) is 0 Å². The van der Waals surface area contributed by atoms with Gasteiger partial charge in [-0.05, 0) is 55.5 Å². The summed E-state index contributed by atoms with van der Waals surface area (Å²) in [7, 11) is 1.11. The first-order valence-electron chi connectivity index (χ1n) is 11.1. The van der Waals surface area contributed by atoms with E-state index in [0.29, 0.717) is 18.4 Å². The molecule has 2 atom stereocenters. The normalized spacial score (nSPS) is 19.9. The van der Waals surface area contributed by atoms with Crippen LogP contribution in [-0.4, -0.2) is 36.1 Å². The highest BCUT2D eigenvalue weighted by Gasteiger charge is 2.47. The van der Waals surface area contributed by atoms with Gasteiger partial charge >= 0.3 is 24.4 Å². The molecule has 2 aliphatic heterocycles. The lowest BCUT2D eigenvalue weighted by Gasteiger charge is -2.37. The van der Waals surface area contributed by atoms with Crippen LogP contribution in [0.15, 0.2) is 34.3 Å². The summed E-state index contributed by atoms with van der Waals surface area (Å²) in [5, 5.41) is 1.95. The highest BCUT2D eigenvalue weighted by atomic mass is 35.5. The first-order chi connectivity index (χ1) is 17.2. The summed E-state index contributed by atoms with van der Waals surface area (Å²) in [6, 6.07) is 2.44. The number of fused-ring (bicyclic) bond motifs is 2. The van der Waals surface area contributed by atoms with E-state index in [2.05, 4.69) is 5.32 Å². The first-order valence-corrected chi connectivity index (χ1v) is 11.5. The number of aryl methyl sites for hydroxylation is 1. The average Bonchev–Trinajstić information content (AvgIpc) is 3.34. The minimum absolute atomic E-state index is 0.0244. The lowest BCUT2D eigenvalue weighted by molar-refractivity contribution is -0.154. The Bertz CT molecular complexity index is 1270. The molecule has 3 heterocycles. The van der Waals surface area contributed by atoms with Gasteiger partial charge in [0.1, 0.15) is 5.76 Å². The summed E-state index contributed by atoms with van der Waals surface area (Å²) in [6.07, 6.45) is -8.67. The molecule has 4 rings (SSSR count). The van der Waals surface area contributed by atoms with E-state index in [1.165, 1.54) is 24.0 Å². The Morgan fingerprint density at radius 2 is 1.84 bits per heavy atom. The minimum Gasteiger partial charge on any atom is -0.466 e. The number of urea groups is 1. The number of hydrogen-bond donors (Lipinski definition) is 1. The van der Waals surface area contributed by atoms with Gasteiger partial charge in [0.05, 0.1) is 29.3 Å². The van der Waals surface area contributed by atoms with Crippen molar-refractivity contribution in [2.75, 3.05) is 7.11 Å². The molecule has 6 nitrogen and oxygen atoms in total. The number of carbonyl (C=O) groups is 2. The first kappa shape index (κ1) is 26.9. The SMILES string of the molecule is COC(=O)C1=C(c2ccc(Cl)c(C(F)(F)F)c2)C[C@@H]2CC[C@H]1N2C(=O)NCc1cc(C)oc1C(F)(F)F. The maximum absolute atomic E-state index is 13.4. The predicted molar refractivity (Wildman–Crippen MR) is 119 cm³/mol. The fraction of sp³-hybridized carbons (Fsp3) is 0.417. The molecule has 0 radical (unpaired) electrons. The van der Waals surface area contributed by atoms with Crippen LogP contribution in [0.5, 0.6) is 0 Å². The van der Waals surface area contributed by atoms with Gasteiger partial charge < -0.3 is 19.4 Å². The molecular weight excluding hydrogens is 530 g/mol. The molecule has 37 heavy (non-hydrogen) atoms. The van der Waals surface area contributed by atoms with Crippen molar-refractivity contribution in [2.45, 2.75) is 57.2 Å². The quantitative estimate of drug-likeness (QED) is 0.356. The minimum atomic E-state index is -4.75. The molecule has 13 heteroatoms. The van der Waals surface area contributed by atoms with Gasteiger partial charge in [-0.2, -0.15) is 26.3 Å². The molecule has 0 saturated carbocycles. The molecule has 0 spiro atoms. The zero-order chi connectivity index (χ0) is 27.3. The van der Waals surface area contributed by atoms with Crippen LogP contribution in [0.1, 0.15) is 47.5 Å². The number of furan rings is 1. The maximum Gasteiger partial charge on any atom is 0.449 e. The van der Waals surface area contributed by atoms with Gasteiger partial charge in [0.2, 0.25) is 5.76 Å². The summed E-state index contributed by atoms with van der Waals surface area (Å²) in [6.45, 7) is 0.874. The van der Waals surface area contributed by atoms with Crippen molar-refractivity contribution in [1.82, 2.24) is 10.2 Å². The van der Waals surface area contributed by atoms with Gasteiger partial charge in [0.15, 0.2) is 0 Å². The van der Waals surface area contributed by atoms with Crippen molar-refractivity contribution in [2.24, 2.45) is 0 Å². The number of rotatable bonds is 4. The maximum atomic E-state index is 13.4. The standard InChI is InChI=1S/C24H21ClF6N2O4/c1-11-7-13(20(37-11)24(29,30)31)10-32-22(35)33-14-4-6-18(33)19(21(34)36-2)15(9-14)12-3-5-17(25)16(8-12)23(26,27)28/h3,5,7-8,14,18H,4,6,9-10H2,1-2H3,(H,32,35)/t14-,18+/m0/s1. The Balaban J connectivity index is 1.65. The molecular formula is C24H21ClF6N2O4. The number of halogens is 7. The van der Waals surface area contributed by atoms with Crippen LogP contribution in [-0.2, 0) is 28.4 Å². The van der Waals surface area contributed by atoms with E-state index < -0.39 is 59.3 Å². The smallest absolute Gasteiger partial charge is 0.449 e. The number of nitrogens with zero attached hydrogens (tertiary/aromatic N) is 1. The van der Waals surface area contributed by atoms with E-state index in [-0.39, 0.29) is 28.9 Å². The second-order valence-electron chi connectivity index (χ2n) is 8.80. The molecule has 2 aromatic rings. The second-order valence-corrected chi connectivity index (χ2v) is 9.21. The summed E-state index contributed by atoms with van der Waals surface area (Å²) in [4.78, 5) is 27.2. The summed E-state index contributed by atoms with van der Waals surface area (Å²) >= 11 is 5.74. The molecule has 200 valence electrons. The molecule has 2 aliphatic rings. The Kier molecular flexibility index (Phi) is 7.00. The van der Waals surface area contributed by atoms with E-state index >= 15 is 0 Å². The van der Waals surface area contributed by atoms with Gasteiger partial charge in [-0.25, -0.2) is 9.59 Å². The van der Waals surface area contributed by atoms with Crippen LogP contribution in [0.4, 0.5) is 31.1 Å². The van der Waals surface area contributed by atoms with Gasteiger partial charge in [0.25, 0.3) is 0 Å². The van der Waals surface area contributed by atoms with E-state index in [9.17, 15) is 35.9 Å². The Morgan fingerprint density at radius 3 is 2.46 bits per heavy atom. The van der Waals surface area contributed by atoms with Crippen LogP contribution in [0.2, 0.25) is 5.02 Å². The number of esters is 1. The fourth-order valence-electron chi connectivity index (χ4n) is 4.99. The Labute approximate surface area is 212 Å². The lowest BCUT2D eigenvalue weighted by atomic mass is 9.87. The molecule has 1 aromatic carbocycles. The number of amides is 2. The highest BCUT2D eigenvalue weighted by Crippen LogP contribution is 2.45. The third-order valence-corrected chi connectivity index (χ3v) is 6.81. The molecule has 1 N–H and O–H groups in total. The highest BCUT2D eigenvalue weighted by molar-refractivity contribution is 6.31. The molecule has 0 aliphatic carbocycles. The molecule has 2 amide bonds. The molecule has 1 aromatic heterocycles. The zero-order valence-corrected chi connectivity index (χ0v) is 20.3. The van der Waals surface area contributed by atoms with Crippen LogP contribution in [0.3, 0.4) is 0 Å². The number of alkyl halides is 6. The second kappa shape index (κ2) is 9.62. The van der Waals surface area contributed by atoms with Crippen molar-refractivity contribution < 1.29 is 45.1 Å². The molecule has 1 saturated heterocycles. The topological polar surface area (TPSA) is 71.8 Å². The number of benzene rings is 1. The van der Waals surface area contributed by atoms with Crippen LogP contribution in [0.25, 0.3) is 5.57 Å². The third-order valence-electron chi connectivity index (χ3n) is 6.48. The number of carbonyl (C=O) groups excluding carboxylic acids is 2. The molecule has 1 fully saturated rings. The van der Waals surface area contributed by atoms with E-state index in [4.69, 9.17) is 20.8 Å². The van der Waals surface area contributed by atoms with Crippen LogP contribution in [0, 0.1) is 6.92 Å². The van der Waals surface area contributed by atoms with E-state index in [1.807, 2.05) is 0 Å². The third kappa shape index (κ3) is 5.16. The van der Waals surface area contributed by atoms with Crippen LogP contribution >= 0.6 is 11.6 Å². The monoisotopic (exact) mass is 550 g/mol. The average molecular weight is 551 g/mol. The predicted octanol–water partition coefficient (Wildman–Crippen LogP) is 6.35. The summed E-state index contributed by atoms with van der Waals surface area (Å²) < 4.78 is 89.7. The van der Waals surface area contributed by atoms with Crippen LogP contribution < -0.4 is 5.32 Å². The number of nitrogens with one attached hydrogen (secondary N) is 1. The summed E-state index contributed by atoms with van der Waals surface area (Å²) in [5.74, 6) is -2.00. The van der Waals surface area contributed by atoms with Crippen molar-refractivity contribution in [3.8, 4) is 0 Å². The van der Waals surface area contributed by atoms with Crippen molar-refractivity contribution in [3.05, 3.63) is 63.1 Å². The van der Waals surface area contributed by atoms with Crippen molar-refractivity contribution in [3.63, 3.8) is 0 Å². The zero-order valence-electron chi connectivity index (χ0n) is 19.5. The largest absolute Gasteiger partial charge is 0.466 e. The lowest BCUT2D eigenvalue weighted by Crippen LogP contribution is -2.50. The number of ether oxygens (including phenoxy) is 1. The van der Waals surface area contributed by atoms with Gasteiger partial charge in [0, 0.05) is 18.2 Å². The van der Waals surface area contributed by atoms with Gasteiger partial charge in [-0.15, -0.1) is 0 Å². The van der Waals surface area contributed by atoms with Crippen molar-refractivity contribution in [1.29, 1.82) is 0 Å². The number of hydrogen-bond acceptors (Lipinski definition) is 4. The Hall–Kier alpha value is -3.15. The summed E-state index contributed by atoms with van der Waals surface area (Å²) in [5.41, 5.74) is -0.870. The number of methoxy groups -OCH3 is 1. The molecule has 2 bridgehead atoms. The molecule has 0 unspecified atom stereocenters. The van der Waals surface area contributed by atoms with E-state index in [1.54, 1.807) is 0 Å². The van der Waals surface area contributed by atoms with E-state index in [0.717, 1.165) is 19.2 Å².